The SMILES string of the molecule is CC1CCNC(c2cscc2C(F)F)C1N. The van der Waals surface area contributed by atoms with Crippen LogP contribution in [0.15, 0.2) is 10.8 Å². The largest absolute Gasteiger partial charge is 0.326 e. The quantitative estimate of drug-likeness (QED) is 0.842. The van der Waals surface area contributed by atoms with Crippen molar-refractivity contribution in [1.82, 2.24) is 5.32 Å². The Hall–Kier alpha value is -0.520. The van der Waals surface area contributed by atoms with Crippen LogP contribution >= 0.6 is 11.3 Å². The molecule has 3 atom stereocenters. The van der Waals surface area contributed by atoms with Crippen LogP contribution in [-0.4, -0.2) is 12.6 Å². The Balaban J connectivity index is 2.25. The van der Waals surface area contributed by atoms with Crippen molar-refractivity contribution >= 4 is 11.3 Å². The molecule has 3 N–H and O–H groups in total. The highest BCUT2D eigenvalue weighted by atomic mass is 32.1. The van der Waals surface area contributed by atoms with Gasteiger partial charge in [0, 0.05) is 17.6 Å². The van der Waals surface area contributed by atoms with Gasteiger partial charge < -0.3 is 11.1 Å². The first-order valence-electron chi connectivity index (χ1n) is 5.44. The minimum atomic E-state index is -2.41. The molecule has 16 heavy (non-hydrogen) atoms. The van der Waals surface area contributed by atoms with E-state index in [9.17, 15) is 8.78 Å². The van der Waals surface area contributed by atoms with E-state index in [4.69, 9.17) is 5.73 Å². The van der Waals surface area contributed by atoms with Crippen molar-refractivity contribution in [2.45, 2.75) is 31.9 Å². The van der Waals surface area contributed by atoms with Crippen molar-refractivity contribution in [2.24, 2.45) is 11.7 Å². The summed E-state index contributed by atoms with van der Waals surface area (Å²) in [6.07, 6.45) is -1.40. The lowest BCUT2D eigenvalue weighted by Crippen LogP contribution is -2.47. The fraction of sp³-hybridized carbons (Fsp3) is 0.636. The number of hydrogen-bond acceptors (Lipinski definition) is 3. The van der Waals surface area contributed by atoms with Gasteiger partial charge in [-0.1, -0.05) is 6.92 Å². The van der Waals surface area contributed by atoms with Gasteiger partial charge in [-0.3, -0.25) is 0 Å². The first-order valence-corrected chi connectivity index (χ1v) is 6.38. The summed E-state index contributed by atoms with van der Waals surface area (Å²) in [6.45, 7) is 2.92. The van der Waals surface area contributed by atoms with Gasteiger partial charge in [-0.05, 0) is 35.2 Å². The zero-order valence-electron chi connectivity index (χ0n) is 9.12. The molecule has 0 saturated carbocycles. The van der Waals surface area contributed by atoms with Crippen molar-refractivity contribution in [3.8, 4) is 0 Å². The molecule has 0 aliphatic carbocycles. The monoisotopic (exact) mass is 246 g/mol. The topological polar surface area (TPSA) is 38.0 Å². The molecule has 2 nitrogen and oxygen atoms in total. The van der Waals surface area contributed by atoms with Crippen LogP contribution in [0.2, 0.25) is 0 Å². The van der Waals surface area contributed by atoms with E-state index >= 15 is 0 Å². The second-order valence-electron chi connectivity index (χ2n) is 4.36. The van der Waals surface area contributed by atoms with Gasteiger partial charge in [0.25, 0.3) is 6.43 Å². The maximum absolute atomic E-state index is 12.8. The molecule has 0 aromatic carbocycles. The molecule has 1 aliphatic rings. The average Bonchev–Trinajstić information content (AvgIpc) is 2.70. The molecule has 1 saturated heterocycles. The summed E-state index contributed by atoms with van der Waals surface area (Å²) in [5, 5.41) is 6.56. The van der Waals surface area contributed by atoms with E-state index in [1.807, 2.05) is 0 Å². The van der Waals surface area contributed by atoms with Crippen LogP contribution < -0.4 is 11.1 Å². The third-order valence-corrected chi connectivity index (χ3v) is 4.08. The summed E-state index contributed by atoms with van der Waals surface area (Å²) in [5.41, 5.74) is 6.89. The Labute approximate surface area is 97.8 Å². The molecule has 3 unspecified atom stereocenters. The second kappa shape index (κ2) is 4.77. The van der Waals surface area contributed by atoms with Gasteiger partial charge in [-0.15, -0.1) is 0 Å². The number of halogens is 2. The van der Waals surface area contributed by atoms with E-state index in [-0.39, 0.29) is 17.6 Å². The van der Waals surface area contributed by atoms with E-state index in [1.54, 1.807) is 5.38 Å². The zero-order valence-corrected chi connectivity index (χ0v) is 9.94. The van der Waals surface area contributed by atoms with Crippen molar-refractivity contribution in [1.29, 1.82) is 0 Å². The third kappa shape index (κ3) is 2.12. The molecule has 1 aromatic heterocycles. The summed E-state index contributed by atoms with van der Waals surface area (Å²) >= 11 is 1.32. The van der Waals surface area contributed by atoms with Crippen molar-refractivity contribution < 1.29 is 8.78 Å². The Morgan fingerprint density at radius 2 is 2.25 bits per heavy atom. The fourth-order valence-electron chi connectivity index (χ4n) is 2.19. The van der Waals surface area contributed by atoms with Gasteiger partial charge in [0.15, 0.2) is 0 Å². The van der Waals surface area contributed by atoms with E-state index < -0.39 is 6.43 Å². The smallest absolute Gasteiger partial charge is 0.264 e. The molecule has 1 aromatic rings. The summed E-state index contributed by atoms with van der Waals surface area (Å²) in [7, 11) is 0. The van der Waals surface area contributed by atoms with Gasteiger partial charge in [-0.2, -0.15) is 11.3 Å². The molecule has 0 spiro atoms. The Bertz CT molecular complexity index is 354. The molecule has 5 heteroatoms. The summed E-state index contributed by atoms with van der Waals surface area (Å²) in [6, 6.07) is -0.208. The maximum Gasteiger partial charge on any atom is 0.264 e. The minimum absolute atomic E-state index is 0.0825. The first kappa shape index (κ1) is 12.0. The lowest BCUT2D eigenvalue weighted by atomic mass is 9.85. The van der Waals surface area contributed by atoms with E-state index in [1.165, 1.54) is 16.7 Å². The molecule has 1 fully saturated rings. The molecule has 2 rings (SSSR count). The highest BCUT2D eigenvalue weighted by Crippen LogP contribution is 2.34. The lowest BCUT2D eigenvalue weighted by Gasteiger charge is -2.35. The number of piperidine rings is 1. The standard InChI is InChI=1S/C11H16F2N2S/c1-6-2-3-15-10(9(6)14)7-4-16-5-8(7)11(12)13/h4-6,9-11,15H,2-3,14H2,1H3. The average molecular weight is 246 g/mol. The fourth-order valence-corrected chi connectivity index (χ4v) is 3.07. The van der Waals surface area contributed by atoms with Crippen LogP contribution in [0.3, 0.4) is 0 Å². The van der Waals surface area contributed by atoms with Gasteiger partial charge in [-0.25, -0.2) is 8.78 Å². The molecule has 0 amide bonds. The van der Waals surface area contributed by atoms with Crippen LogP contribution in [0, 0.1) is 5.92 Å². The molecular weight excluding hydrogens is 230 g/mol. The zero-order chi connectivity index (χ0) is 11.7. The summed E-state index contributed by atoms with van der Waals surface area (Å²) in [5.74, 6) is 0.372. The number of hydrogen-bond donors (Lipinski definition) is 2. The number of rotatable bonds is 2. The Morgan fingerprint density at radius 1 is 1.50 bits per heavy atom. The molecule has 90 valence electrons. The van der Waals surface area contributed by atoms with Gasteiger partial charge in [0.05, 0.1) is 0 Å². The number of nitrogens with one attached hydrogen (secondary N) is 1. The van der Waals surface area contributed by atoms with Crippen LogP contribution in [0.4, 0.5) is 8.78 Å². The van der Waals surface area contributed by atoms with Gasteiger partial charge >= 0.3 is 0 Å². The van der Waals surface area contributed by atoms with Crippen molar-refractivity contribution in [3.05, 3.63) is 21.9 Å². The van der Waals surface area contributed by atoms with Crippen molar-refractivity contribution in [2.75, 3.05) is 6.54 Å². The van der Waals surface area contributed by atoms with Crippen LogP contribution in [0.25, 0.3) is 0 Å². The highest BCUT2D eigenvalue weighted by molar-refractivity contribution is 7.08. The molecule has 2 heterocycles. The lowest BCUT2D eigenvalue weighted by molar-refractivity contribution is 0.148. The number of thiophene rings is 1. The van der Waals surface area contributed by atoms with E-state index in [0.29, 0.717) is 11.5 Å². The molecule has 0 radical (unpaired) electrons. The normalized spacial score (nSPS) is 30.9. The van der Waals surface area contributed by atoms with E-state index in [2.05, 4.69) is 12.2 Å². The van der Waals surface area contributed by atoms with Crippen LogP contribution in [0.5, 0.6) is 0 Å². The third-order valence-electron chi connectivity index (χ3n) is 3.30. The molecule has 0 bridgehead atoms. The van der Waals surface area contributed by atoms with Crippen molar-refractivity contribution in [3.63, 3.8) is 0 Å². The minimum Gasteiger partial charge on any atom is -0.326 e. The maximum atomic E-state index is 12.8. The molecule has 1 aliphatic heterocycles. The predicted molar refractivity (Wildman–Crippen MR) is 61.8 cm³/mol. The number of alkyl halides is 2. The summed E-state index contributed by atoms with van der Waals surface area (Å²) < 4.78 is 25.6. The van der Waals surface area contributed by atoms with Gasteiger partial charge in [0.2, 0.25) is 0 Å². The summed E-state index contributed by atoms with van der Waals surface area (Å²) in [4.78, 5) is 0. The highest BCUT2D eigenvalue weighted by Gasteiger charge is 2.31. The Kier molecular flexibility index (Phi) is 3.56. The number of nitrogens with two attached hydrogens (primary N) is 1. The van der Waals surface area contributed by atoms with Crippen LogP contribution in [-0.2, 0) is 0 Å². The second-order valence-corrected chi connectivity index (χ2v) is 5.10. The van der Waals surface area contributed by atoms with Crippen LogP contribution in [0.1, 0.15) is 36.9 Å². The predicted octanol–water partition coefficient (Wildman–Crippen LogP) is 2.68. The first-order chi connectivity index (χ1) is 7.61. The Morgan fingerprint density at radius 3 is 2.94 bits per heavy atom. The molecular formula is C11H16F2N2S. The van der Waals surface area contributed by atoms with Gasteiger partial charge in [0.1, 0.15) is 0 Å². The van der Waals surface area contributed by atoms with E-state index in [0.717, 1.165) is 13.0 Å².